The van der Waals surface area contributed by atoms with Crippen LogP contribution in [0.15, 0.2) is 30.6 Å². The molecule has 1 aliphatic heterocycles. The van der Waals surface area contributed by atoms with E-state index in [9.17, 15) is 18.0 Å². The molecule has 2 aromatic rings. The predicted octanol–water partition coefficient (Wildman–Crippen LogP) is 2.82. The Labute approximate surface area is 129 Å². The molecular formula is C15H12F3N3O2. The number of carbonyl (C=O) groups is 1. The van der Waals surface area contributed by atoms with Gasteiger partial charge in [-0.1, -0.05) is 0 Å². The zero-order valence-electron chi connectivity index (χ0n) is 11.9. The summed E-state index contributed by atoms with van der Waals surface area (Å²) in [6, 6.07) is 3.60. The molecule has 0 radical (unpaired) electrons. The molecule has 0 aliphatic carbocycles. The zero-order chi connectivity index (χ0) is 16.4. The highest BCUT2D eigenvalue weighted by Crippen LogP contribution is 2.27. The van der Waals surface area contributed by atoms with E-state index in [2.05, 4.69) is 15.3 Å². The van der Waals surface area contributed by atoms with Crippen molar-refractivity contribution in [3.05, 3.63) is 53.1 Å². The van der Waals surface area contributed by atoms with Crippen LogP contribution in [-0.4, -0.2) is 22.5 Å². The van der Waals surface area contributed by atoms with Crippen molar-refractivity contribution in [2.24, 2.45) is 0 Å². The van der Waals surface area contributed by atoms with Gasteiger partial charge < -0.3 is 10.1 Å². The van der Waals surface area contributed by atoms with Crippen LogP contribution in [-0.2, 0) is 23.9 Å². The Morgan fingerprint density at radius 3 is 2.74 bits per heavy atom. The minimum Gasteiger partial charge on any atom is -0.376 e. The Morgan fingerprint density at radius 2 is 2.04 bits per heavy atom. The number of fused-ring (bicyclic) bond motifs is 1. The number of amides is 1. The summed E-state index contributed by atoms with van der Waals surface area (Å²) in [5.41, 5.74) is 1.26. The Kier molecular flexibility index (Phi) is 3.99. The van der Waals surface area contributed by atoms with Crippen molar-refractivity contribution in [3.8, 4) is 0 Å². The zero-order valence-corrected chi connectivity index (χ0v) is 11.9. The molecular weight excluding hydrogens is 311 g/mol. The van der Waals surface area contributed by atoms with Gasteiger partial charge in [-0.2, -0.15) is 13.2 Å². The lowest BCUT2D eigenvalue weighted by atomic mass is 10.1. The van der Waals surface area contributed by atoms with Crippen LogP contribution < -0.4 is 5.32 Å². The molecule has 120 valence electrons. The standard InChI is InChI=1S/C15H12F3N3O2/c16-15(17,18)13-2-1-9(6-20-13)14(22)21-11-5-10-8-23-4-3-12(10)19-7-11/h1-2,5-7H,3-4,8H2,(H,21,22). The molecule has 8 heteroatoms. The molecule has 23 heavy (non-hydrogen) atoms. The molecule has 3 rings (SSSR count). The molecule has 3 heterocycles. The van der Waals surface area contributed by atoms with Crippen LogP contribution >= 0.6 is 0 Å². The van der Waals surface area contributed by atoms with E-state index in [-0.39, 0.29) is 5.56 Å². The van der Waals surface area contributed by atoms with Gasteiger partial charge in [0.1, 0.15) is 5.69 Å². The summed E-state index contributed by atoms with van der Waals surface area (Å²) in [6.07, 6.45) is -1.41. The number of pyridine rings is 2. The summed E-state index contributed by atoms with van der Waals surface area (Å²) < 4.78 is 42.7. The van der Waals surface area contributed by atoms with Crippen LogP contribution in [0.3, 0.4) is 0 Å². The highest BCUT2D eigenvalue weighted by atomic mass is 19.4. The van der Waals surface area contributed by atoms with Crippen LogP contribution in [0, 0.1) is 0 Å². The summed E-state index contributed by atoms with van der Waals surface area (Å²) in [5.74, 6) is -0.551. The average molecular weight is 323 g/mol. The average Bonchev–Trinajstić information content (AvgIpc) is 2.54. The largest absolute Gasteiger partial charge is 0.433 e. The van der Waals surface area contributed by atoms with Gasteiger partial charge in [0.2, 0.25) is 0 Å². The molecule has 5 nitrogen and oxygen atoms in total. The van der Waals surface area contributed by atoms with E-state index in [0.29, 0.717) is 25.3 Å². The monoisotopic (exact) mass is 323 g/mol. The number of hydrogen-bond acceptors (Lipinski definition) is 4. The first-order chi connectivity index (χ1) is 10.9. The fraction of sp³-hybridized carbons (Fsp3) is 0.267. The van der Waals surface area contributed by atoms with Crippen LogP contribution in [0.25, 0.3) is 0 Å². The summed E-state index contributed by atoms with van der Waals surface area (Å²) >= 11 is 0. The molecule has 0 unspecified atom stereocenters. The summed E-state index contributed by atoms with van der Waals surface area (Å²) in [4.78, 5) is 19.6. The molecule has 1 N–H and O–H groups in total. The molecule has 0 saturated heterocycles. The molecule has 1 amide bonds. The van der Waals surface area contributed by atoms with Crippen LogP contribution in [0.4, 0.5) is 18.9 Å². The van der Waals surface area contributed by atoms with Gasteiger partial charge in [0.05, 0.1) is 30.7 Å². The number of carbonyl (C=O) groups excluding carboxylic acids is 1. The number of alkyl halides is 3. The number of hydrogen-bond donors (Lipinski definition) is 1. The van der Waals surface area contributed by atoms with Gasteiger partial charge in [0.15, 0.2) is 0 Å². The summed E-state index contributed by atoms with van der Waals surface area (Å²) in [7, 11) is 0. The number of ether oxygens (including phenoxy) is 1. The second-order valence-electron chi connectivity index (χ2n) is 5.02. The molecule has 2 aromatic heterocycles. The van der Waals surface area contributed by atoms with Gasteiger partial charge in [-0.3, -0.25) is 14.8 Å². The smallest absolute Gasteiger partial charge is 0.376 e. The van der Waals surface area contributed by atoms with E-state index >= 15 is 0 Å². The fourth-order valence-corrected chi connectivity index (χ4v) is 2.21. The SMILES string of the molecule is O=C(Nc1cnc2c(c1)COCC2)c1ccc(C(F)(F)F)nc1. The molecule has 0 fully saturated rings. The topological polar surface area (TPSA) is 64.1 Å². The second-order valence-corrected chi connectivity index (χ2v) is 5.02. The number of rotatable bonds is 2. The first-order valence-corrected chi connectivity index (χ1v) is 6.83. The Bertz CT molecular complexity index is 730. The van der Waals surface area contributed by atoms with Gasteiger partial charge in [0.25, 0.3) is 5.91 Å². The molecule has 0 bridgehead atoms. The van der Waals surface area contributed by atoms with Crippen molar-refractivity contribution in [3.63, 3.8) is 0 Å². The minimum atomic E-state index is -4.53. The van der Waals surface area contributed by atoms with Crippen molar-refractivity contribution >= 4 is 11.6 Å². The number of nitrogens with one attached hydrogen (secondary N) is 1. The minimum absolute atomic E-state index is 0.0342. The van der Waals surface area contributed by atoms with Crippen molar-refractivity contribution in [1.82, 2.24) is 9.97 Å². The van der Waals surface area contributed by atoms with E-state index in [1.807, 2.05) is 0 Å². The van der Waals surface area contributed by atoms with E-state index < -0.39 is 17.8 Å². The third-order valence-electron chi connectivity index (χ3n) is 3.37. The van der Waals surface area contributed by atoms with Crippen molar-refractivity contribution < 1.29 is 22.7 Å². The van der Waals surface area contributed by atoms with Crippen molar-refractivity contribution in [2.75, 3.05) is 11.9 Å². The van der Waals surface area contributed by atoms with Crippen molar-refractivity contribution in [1.29, 1.82) is 0 Å². The molecule has 1 aliphatic rings. The van der Waals surface area contributed by atoms with E-state index in [0.717, 1.165) is 29.6 Å². The van der Waals surface area contributed by atoms with Crippen molar-refractivity contribution in [2.45, 2.75) is 19.2 Å². The normalized spacial score (nSPS) is 14.2. The van der Waals surface area contributed by atoms with E-state index in [1.165, 1.54) is 6.20 Å². The van der Waals surface area contributed by atoms with Crippen LogP contribution in [0.5, 0.6) is 0 Å². The van der Waals surface area contributed by atoms with Gasteiger partial charge in [-0.25, -0.2) is 0 Å². The molecule has 0 spiro atoms. The second kappa shape index (κ2) is 5.96. The predicted molar refractivity (Wildman–Crippen MR) is 74.8 cm³/mol. The van der Waals surface area contributed by atoms with Gasteiger partial charge in [-0.15, -0.1) is 0 Å². The van der Waals surface area contributed by atoms with Gasteiger partial charge in [0, 0.05) is 23.9 Å². The third kappa shape index (κ3) is 3.48. The third-order valence-corrected chi connectivity index (χ3v) is 3.37. The molecule has 0 atom stereocenters. The maximum Gasteiger partial charge on any atom is 0.433 e. The maximum atomic E-state index is 12.4. The maximum absolute atomic E-state index is 12.4. The lowest BCUT2D eigenvalue weighted by molar-refractivity contribution is -0.141. The lowest BCUT2D eigenvalue weighted by Crippen LogP contribution is -2.16. The molecule has 0 saturated carbocycles. The number of nitrogens with zero attached hydrogens (tertiary/aromatic N) is 2. The first kappa shape index (κ1) is 15.4. The number of halogens is 3. The lowest BCUT2D eigenvalue weighted by Gasteiger charge is -2.16. The van der Waals surface area contributed by atoms with Crippen LogP contribution in [0.1, 0.15) is 27.3 Å². The first-order valence-electron chi connectivity index (χ1n) is 6.83. The quantitative estimate of drug-likeness (QED) is 0.923. The van der Waals surface area contributed by atoms with E-state index in [4.69, 9.17) is 4.74 Å². The highest BCUT2D eigenvalue weighted by Gasteiger charge is 2.32. The fourth-order valence-electron chi connectivity index (χ4n) is 2.21. The Hall–Kier alpha value is -2.48. The number of anilines is 1. The number of aromatic nitrogens is 2. The molecule has 0 aromatic carbocycles. The van der Waals surface area contributed by atoms with Gasteiger partial charge in [-0.05, 0) is 18.2 Å². The van der Waals surface area contributed by atoms with Crippen LogP contribution in [0.2, 0.25) is 0 Å². The summed E-state index contributed by atoms with van der Waals surface area (Å²) in [5, 5.41) is 2.59. The van der Waals surface area contributed by atoms with E-state index in [1.54, 1.807) is 6.07 Å². The Morgan fingerprint density at radius 1 is 1.22 bits per heavy atom. The van der Waals surface area contributed by atoms with Gasteiger partial charge >= 0.3 is 6.18 Å². The summed E-state index contributed by atoms with van der Waals surface area (Å²) in [6.45, 7) is 1.04. The highest BCUT2D eigenvalue weighted by molar-refractivity contribution is 6.04. The Balaban J connectivity index is 1.74.